The zero-order valence-corrected chi connectivity index (χ0v) is 11.2. The van der Waals surface area contributed by atoms with Crippen molar-refractivity contribution in [2.24, 2.45) is 0 Å². The third-order valence-electron chi connectivity index (χ3n) is 2.87. The van der Waals surface area contributed by atoms with Gasteiger partial charge in [-0.15, -0.1) is 0 Å². The van der Waals surface area contributed by atoms with Gasteiger partial charge in [-0.25, -0.2) is 0 Å². The summed E-state index contributed by atoms with van der Waals surface area (Å²) in [4.78, 5) is 11.6. The molecule has 112 valence electrons. The second-order valence-corrected chi connectivity index (χ2v) is 4.31. The average Bonchev–Trinajstić information content (AvgIpc) is 2.37. The lowest BCUT2D eigenvalue weighted by atomic mass is 10.1. The zero-order chi connectivity index (χ0) is 15.3. The molecule has 0 radical (unpaired) electrons. The molecule has 8 heteroatoms. The normalized spacial score (nSPS) is 11.7. The summed E-state index contributed by atoms with van der Waals surface area (Å²) in [5.74, 6) is 0. The van der Waals surface area contributed by atoms with Gasteiger partial charge >= 0.3 is 6.18 Å². The molecule has 1 rings (SSSR count). The fraction of sp³-hybridized carbons (Fsp3) is 0.500. The van der Waals surface area contributed by atoms with Crippen molar-refractivity contribution in [2.75, 3.05) is 32.0 Å². The molecule has 0 heterocycles. The van der Waals surface area contributed by atoms with Gasteiger partial charge in [0.15, 0.2) is 0 Å². The van der Waals surface area contributed by atoms with Crippen LogP contribution < -0.4 is 5.32 Å². The van der Waals surface area contributed by atoms with E-state index in [4.69, 9.17) is 0 Å². The number of rotatable bonds is 6. The third-order valence-corrected chi connectivity index (χ3v) is 2.87. The highest BCUT2D eigenvalue weighted by Gasteiger charge is 2.35. The molecule has 1 N–H and O–H groups in total. The van der Waals surface area contributed by atoms with E-state index < -0.39 is 22.4 Å². The van der Waals surface area contributed by atoms with Gasteiger partial charge in [0.05, 0.1) is 10.5 Å². The van der Waals surface area contributed by atoms with Gasteiger partial charge in [-0.05, 0) is 19.7 Å². The molecular weight excluding hydrogens is 275 g/mol. The lowest BCUT2D eigenvalue weighted by Crippen LogP contribution is -2.25. The van der Waals surface area contributed by atoms with E-state index in [-0.39, 0.29) is 5.69 Å². The quantitative estimate of drug-likeness (QED) is 0.646. The highest BCUT2D eigenvalue weighted by atomic mass is 19.4. The van der Waals surface area contributed by atoms with E-state index in [1.165, 1.54) is 0 Å². The summed E-state index contributed by atoms with van der Waals surface area (Å²) in [6.45, 7) is 3.62. The van der Waals surface area contributed by atoms with Crippen LogP contribution in [-0.4, -0.2) is 36.5 Å². The first-order chi connectivity index (χ1) is 9.25. The molecule has 0 unspecified atom stereocenters. The minimum atomic E-state index is -4.63. The lowest BCUT2D eigenvalue weighted by Gasteiger charge is -2.17. The molecule has 20 heavy (non-hydrogen) atoms. The predicted octanol–water partition coefficient (Wildman–Crippen LogP) is 2.98. The molecule has 0 aliphatic rings. The molecule has 0 spiro atoms. The number of nitrogens with one attached hydrogen (secondary N) is 1. The first kappa shape index (κ1) is 16.2. The van der Waals surface area contributed by atoms with Crippen LogP contribution in [0.15, 0.2) is 18.2 Å². The Bertz CT molecular complexity index is 478. The van der Waals surface area contributed by atoms with Crippen molar-refractivity contribution in [1.82, 2.24) is 4.90 Å². The number of halogens is 3. The standard InChI is InChI=1S/C12H16F3N3O2/c1-3-17(2)7-6-16-11-5-4-9(18(19)20)8-10(11)12(13,14)15/h4-5,8,16H,3,6-7H2,1-2H3. The Morgan fingerprint density at radius 3 is 2.55 bits per heavy atom. The number of benzene rings is 1. The topological polar surface area (TPSA) is 58.4 Å². The number of likely N-dealkylation sites (N-methyl/N-ethyl adjacent to an activating group) is 1. The van der Waals surface area contributed by atoms with Crippen LogP contribution in [-0.2, 0) is 6.18 Å². The SMILES string of the molecule is CCN(C)CCNc1ccc([N+](=O)[O-])cc1C(F)(F)F. The summed E-state index contributed by atoms with van der Waals surface area (Å²) in [6, 6.07) is 2.69. The highest BCUT2D eigenvalue weighted by Crippen LogP contribution is 2.36. The van der Waals surface area contributed by atoms with Crippen molar-refractivity contribution < 1.29 is 18.1 Å². The number of nitrogens with zero attached hydrogens (tertiary/aromatic N) is 2. The Kier molecular flexibility index (Phi) is 5.32. The Hall–Kier alpha value is -1.83. The summed E-state index contributed by atoms with van der Waals surface area (Å²) in [6.07, 6.45) is -4.63. The van der Waals surface area contributed by atoms with Crippen molar-refractivity contribution >= 4 is 11.4 Å². The second-order valence-electron chi connectivity index (χ2n) is 4.31. The molecule has 0 amide bonds. The summed E-state index contributed by atoms with van der Waals surface area (Å²) in [7, 11) is 1.85. The van der Waals surface area contributed by atoms with E-state index in [1.807, 2.05) is 18.9 Å². The van der Waals surface area contributed by atoms with E-state index in [2.05, 4.69) is 5.32 Å². The van der Waals surface area contributed by atoms with Crippen LogP contribution in [0.3, 0.4) is 0 Å². The van der Waals surface area contributed by atoms with Gasteiger partial charge in [0.25, 0.3) is 5.69 Å². The first-order valence-corrected chi connectivity index (χ1v) is 6.03. The zero-order valence-electron chi connectivity index (χ0n) is 11.2. The number of hydrogen-bond acceptors (Lipinski definition) is 4. The first-order valence-electron chi connectivity index (χ1n) is 6.03. The number of nitro benzene ring substituents is 1. The fourth-order valence-corrected chi connectivity index (χ4v) is 1.57. The lowest BCUT2D eigenvalue weighted by molar-refractivity contribution is -0.385. The van der Waals surface area contributed by atoms with E-state index in [0.29, 0.717) is 19.2 Å². The van der Waals surface area contributed by atoms with Crippen molar-refractivity contribution in [3.05, 3.63) is 33.9 Å². The van der Waals surface area contributed by atoms with E-state index >= 15 is 0 Å². The molecule has 0 bridgehead atoms. The van der Waals surface area contributed by atoms with Crippen LogP contribution in [0.2, 0.25) is 0 Å². The fourth-order valence-electron chi connectivity index (χ4n) is 1.57. The molecule has 0 fully saturated rings. The van der Waals surface area contributed by atoms with Crippen LogP contribution in [0.25, 0.3) is 0 Å². The van der Waals surface area contributed by atoms with Gasteiger partial charge in [-0.3, -0.25) is 10.1 Å². The van der Waals surface area contributed by atoms with E-state index in [1.54, 1.807) is 0 Å². The Morgan fingerprint density at radius 2 is 2.05 bits per heavy atom. The summed E-state index contributed by atoms with van der Waals surface area (Å²) < 4.78 is 38.6. The summed E-state index contributed by atoms with van der Waals surface area (Å²) in [5.41, 5.74) is -1.74. The number of alkyl halides is 3. The number of non-ortho nitro benzene ring substituents is 1. The Morgan fingerprint density at radius 1 is 1.40 bits per heavy atom. The third kappa shape index (κ3) is 4.37. The molecule has 0 atom stereocenters. The van der Waals surface area contributed by atoms with Crippen LogP contribution >= 0.6 is 0 Å². The van der Waals surface area contributed by atoms with Crippen molar-refractivity contribution in [3.63, 3.8) is 0 Å². The smallest absolute Gasteiger partial charge is 0.383 e. The van der Waals surface area contributed by atoms with Crippen LogP contribution in [0, 0.1) is 10.1 Å². The van der Waals surface area contributed by atoms with Gasteiger partial charge in [0.2, 0.25) is 0 Å². The van der Waals surface area contributed by atoms with Gasteiger partial charge in [0.1, 0.15) is 0 Å². The molecule has 0 aliphatic carbocycles. The number of anilines is 1. The van der Waals surface area contributed by atoms with Gasteiger partial charge in [-0.2, -0.15) is 13.2 Å². The Labute approximate surface area is 114 Å². The largest absolute Gasteiger partial charge is 0.418 e. The molecule has 5 nitrogen and oxygen atoms in total. The van der Waals surface area contributed by atoms with Crippen molar-refractivity contribution in [2.45, 2.75) is 13.1 Å². The molecule has 0 saturated carbocycles. The minimum absolute atomic E-state index is 0.146. The maximum Gasteiger partial charge on any atom is 0.418 e. The second kappa shape index (κ2) is 6.56. The number of nitro groups is 1. The molecule has 0 aliphatic heterocycles. The molecule has 0 saturated heterocycles. The van der Waals surface area contributed by atoms with E-state index in [0.717, 1.165) is 18.7 Å². The molecular formula is C12H16F3N3O2. The minimum Gasteiger partial charge on any atom is -0.383 e. The van der Waals surface area contributed by atoms with Gasteiger partial charge in [0, 0.05) is 30.9 Å². The van der Waals surface area contributed by atoms with Crippen molar-refractivity contribution in [1.29, 1.82) is 0 Å². The molecule has 0 aromatic heterocycles. The van der Waals surface area contributed by atoms with Gasteiger partial charge in [-0.1, -0.05) is 6.92 Å². The molecule has 1 aromatic rings. The summed E-state index contributed by atoms with van der Waals surface area (Å²) in [5, 5.41) is 13.2. The molecule has 1 aromatic carbocycles. The van der Waals surface area contributed by atoms with Crippen LogP contribution in [0.5, 0.6) is 0 Å². The average molecular weight is 291 g/mol. The van der Waals surface area contributed by atoms with E-state index in [9.17, 15) is 23.3 Å². The highest BCUT2D eigenvalue weighted by molar-refractivity contribution is 5.57. The maximum atomic E-state index is 12.9. The van der Waals surface area contributed by atoms with Crippen LogP contribution in [0.1, 0.15) is 12.5 Å². The van der Waals surface area contributed by atoms with Crippen LogP contribution in [0.4, 0.5) is 24.5 Å². The number of hydrogen-bond donors (Lipinski definition) is 1. The monoisotopic (exact) mass is 291 g/mol. The summed E-state index contributed by atoms with van der Waals surface area (Å²) >= 11 is 0. The predicted molar refractivity (Wildman–Crippen MR) is 69.8 cm³/mol. The van der Waals surface area contributed by atoms with Gasteiger partial charge < -0.3 is 10.2 Å². The Balaban J connectivity index is 2.92. The maximum absolute atomic E-state index is 12.9. The van der Waals surface area contributed by atoms with Crippen molar-refractivity contribution in [3.8, 4) is 0 Å².